The quantitative estimate of drug-likeness (QED) is 0.392. The molecule has 1 aromatic heterocycles. The van der Waals surface area contributed by atoms with Crippen molar-refractivity contribution in [1.82, 2.24) is 14.5 Å². The summed E-state index contributed by atoms with van der Waals surface area (Å²) in [5.74, 6) is 0.322. The van der Waals surface area contributed by atoms with E-state index in [1.165, 1.54) is 12.1 Å². The maximum absolute atomic E-state index is 13.4. The predicted octanol–water partition coefficient (Wildman–Crippen LogP) is 4.74. The Labute approximate surface area is 203 Å². The van der Waals surface area contributed by atoms with Crippen LogP contribution in [-0.4, -0.2) is 39.4 Å². The van der Waals surface area contributed by atoms with E-state index in [4.69, 9.17) is 4.98 Å². The van der Waals surface area contributed by atoms with Crippen LogP contribution in [0.15, 0.2) is 78.9 Å². The van der Waals surface area contributed by atoms with Crippen molar-refractivity contribution in [2.24, 2.45) is 0 Å². The first-order valence-electron chi connectivity index (χ1n) is 11.9. The molecule has 2 amide bonds. The minimum Gasteiger partial charge on any atom is -0.338 e. The van der Waals surface area contributed by atoms with Gasteiger partial charge in [0.2, 0.25) is 11.8 Å². The Morgan fingerprint density at radius 2 is 1.74 bits per heavy atom. The highest BCUT2D eigenvalue weighted by molar-refractivity contribution is 5.94. The SMILES string of the molecule is CCN(C(=O)Cn1c([C@H]2CC(=O)N(Cc3ccc(F)cc3)C2)nc2ccccc21)c1ccccc1. The number of fused-ring (bicyclic) bond motifs is 1. The number of hydrogen-bond acceptors (Lipinski definition) is 3. The number of para-hydroxylation sites is 3. The molecule has 0 bridgehead atoms. The molecule has 6 nitrogen and oxygen atoms in total. The smallest absolute Gasteiger partial charge is 0.246 e. The highest BCUT2D eigenvalue weighted by Crippen LogP contribution is 2.31. The molecule has 0 spiro atoms. The molecule has 0 saturated carbocycles. The van der Waals surface area contributed by atoms with Crippen molar-refractivity contribution in [3.63, 3.8) is 0 Å². The molecule has 1 atom stereocenters. The molecule has 7 heteroatoms. The summed E-state index contributed by atoms with van der Waals surface area (Å²) in [6, 6.07) is 23.6. The van der Waals surface area contributed by atoms with Gasteiger partial charge < -0.3 is 14.4 Å². The van der Waals surface area contributed by atoms with Crippen LogP contribution < -0.4 is 4.90 Å². The first-order chi connectivity index (χ1) is 17.0. The van der Waals surface area contributed by atoms with Gasteiger partial charge in [-0.05, 0) is 48.9 Å². The van der Waals surface area contributed by atoms with Gasteiger partial charge in [0.05, 0.1) is 11.0 Å². The maximum Gasteiger partial charge on any atom is 0.246 e. The van der Waals surface area contributed by atoms with E-state index in [9.17, 15) is 14.0 Å². The molecule has 0 aliphatic carbocycles. The number of rotatable bonds is 7. The molecule has 5 rings (SSSR count). The second kappa shape index (κ2) is 9.70. The number of halogens is 1. The van der Waals surface area contributed by atoms with Crippen LogP contribution in [0.2, 0.25) is 0 Å². The van der Waals surface area contributed by atoms with E-state index >= 15 is 0 Å². The molecule has 178 valence electrons. The van der Waals surface area contributed by atoms with Gasteiger partial charge in [0.25, 0.3) is 0 Å². The van der Waals surface area contributed by atoms with Crippen molar-refractivity contribution in [2.45, 2.75) is 32.4 Å². The van der Waals surface area contributed by atoms with Gasteiger partial charge in [-0.3, -0.25) is 9.59 Å². The number of nitrogens with zero attached hydrogens (tertiary/aromatic N) is 4. The van der Waals surface area contributed by atoms with Gasteiger partial charge in [-0.25, -0.2) is 9.37 Å². The number of carbonyl (C=O) groups is 2. The highest BCUT2D eigenvalue weighted by atomic mass is 19.1. The number of likely N-dealkylation sites (N-methyl/N-ethyl adjacent to an activating group) is 1. The molecular weight excluding hydrogens is 443 g/mol. The minimum atomic E-state index is -0.297. The highest BCUT2D eigenvalue weighted by Gasteiger charge is 2.34. The lowest BCUT2D eigenvalue weighted by atomic mass is 10.1. The average molecular weight is 471 g/mol. The van der Waals surface area contributed by atoms with E-state index in [2.05, 4.69) is 0 Å². The Hall–Kier alpha value is -4.00. The fourth-order valence-corrected chi connectivity index (χ4v) is 4.81. The Kier molecular flexibility index (Phi) is 6.31. The van der Waals surface area contributed by atoms with Crippen LogP contribution in [0.5, 0.6) is 0 Å². The minimum absolute atomic E-state index is 0.0312. The summed E-state index contributed by atoms with van der Waals surface area (Å²) in [6.45, 7) is 3.58. The monoisotopic (exact) mass is 470 g/mol. The second-order valence-corrected chi connectivity index (χ2v) is 8.82. The molecule has 1 fully saturated rings. The first kappa shape index (κ1) is 22.8. The van der Waals surface area contributed by atoms with Gasteiger partial charge in [0.1, 0.15) is 18.2 Å². The largest absolute Gasteiger partial charge is 0.338 e. The zero-order chi connectivity index (χ0) is 24.4. The third-order valence-electron chi connectivity index (χ3n) is 6.53. The van der Waals surface area contributed by atoms with E-state index < -0.39 is 0 Å². The fraction of sp³-hybridized carbons (Fsp3) is 0.250. The summed E-state index contributed by atoms with van der Waals surface area (Å²) in [6.07, 6.45) is 0.328. The van der Waals surface area contributed by atoms with Crippen molar-refractivity contribution in [1.29, 1.82) is 0 Å². The molecule has 3 aromatic carbocycles. The molecule has 4 aromatic rings. The summed E-state index contributed by atoms with van der Waals surface area (Å²) in [5, 5.41) is 0. The van der Waals surface area contributed by atoms with Gasteiger partial charge in [-0.2, -0.15) is 0 Å². The number of carbonyl (C=O) groups excluding carboxylic acids is 2. The number of benzene rings is 3. The standard InChI is InChI=1S/C28H27FN4O2/c1-2-32(23-8-4-3-5-9-23)27(35)19-33-25-11-7-6-10-24(25)30-28(33)21-16-26(34)31(18-21)17-20-12-14-22(29)15-13-20/h3-15,21H,2,16-19H2,1H3/t21-/m0/s1. The van der Waals surface area contributed by atoms with E-state index in [0.717, 1.165) is 28.1 Å². The summed E-state index contributed by atoms with van der Waals surface area (Å²) < 4.78 is 15.2. The Balaban J connectivity index is 1.42. The van der Waals surface area contributed by atoms with Crippen molar-refractivity contribution in [3.05, 3.63) is 96.1 Å². The average Bonchev–Trinajstić information content (AvgIpc) is 3.42. The zero-order valence-electron chi connectivity index (χ0n) is 19.6. The van der Waals surface area contributed by atoms with Crippen LogP contribution in [-0.2, 0) is 22.7 Å². The summed E-state index contributed by atoms with van der Waals surface area (Å²) in [5.41, 5.74) is 3.42. The lowest BCUT2D eigenvalue weighted by molar-refractivity contribution is -0.128. The van der Waals surface area contributed by atoms with Crippen LogP contribution in [0, 0.1) is 5.82 Å². The Morgan fingerprint density at radius 3 is 2.49 bits per heavy atom. The van der Waals surface area contributed by atoms with E-state index in [1.54, 1.807) is 21.9 Å². The number of anilines is 1. The van der Waals surface area contributed by atoms with Crippen molar-refractivity contribution >= 4 is 28.5 Å². The fourth-order valence-electron chi connectivity index (χ4n) is 4.81. The van der Waals surface area contributed by atoms with Gasteiger partial charge >= 0.3 is 0 Å². The summed E-state index contributed by atoms with van der Waals surface area (Å²) >= 11 is 0. The van der Waals surface area contributed by atoms with E-state index in [1.807, 2.05) is 66.1 Å². The molecular formula is C28H27FN4O2. The third-order valence-corrected chi connectivity index (χ3v) is 6.53. The van der Waals surface area contributed by atoms with Crippen molar-refractivity contribution in [3.8, 4) is 0 Å². The van der Waals surface area contributed by atoms with Gasteiger partial charge in [0, 0.05) is 37.7 Å². The number of likely N-dealkylation sites (tertiary alicyclic amines) is 1. The normalized spacial score (nSPS) is 15.7. The van der Waals surface area contributed by atoms with Gasteiger partial charge in [-0.1, -0.05) is 42.5 Å². The lowest BCUT2D eigenvalue weighted by Crippen LogP contribution is -2.34. The van der Waals surface area contributed by atoms with Crippen LogP contribution in [0.3, 0.4) is 0 Å². The molecule has 35 heavy (non-hydrogen) atoms. The van der Waals surface area contributed by atoms with Gasteiger partial charge in [-0.15, -0.1) is 0 Å². The Morgan fingerprint density at radius 1 is 1.03 bits per heavy atom. The Bertz CT molecular complexity index is 1350. The third kappa shape index (κ3) is 4.67. The molecule has 0 unspecified atom stereocenters. The molecule has 1 saturated heterocycles. The number of aromatic nitrogens is 2. The lowest BCUT2D eigenvalue weighted by Gasteiger charge is -2.23. The van der Waals surface area contributed by atoms with Crippen LogP contribution in [0.1, 0.15) is 30.7 Å². The number of hydrogen-bond donors (Lipinski definition) is 0. The van der Waals surface area contributed by atoms with Crippen LogP contribution in [0.25, 0.3) is 11.0 Å². The zero-order valence-corrected chi connectivity index (χ0v) is 19.6. The molecule has 2 heterocycles. The maximum atomic E-state index is 13.4. The van der Waals surface area contributed by atoms with Crippen LogP contribution in [0.4, 0.5) is 10.1 Å². The summed E-state index contributed by atoms with van der Waals surface area (Å²) in [7, 11) is 0. The second-order valence-electron chi connectivity index (χ2n) is 8.82. The van der Waals surface area contributed by atoms with Crippen LogP contribution >= 0.6 is 0 Å². The predicted molar refractivity (Wildman–Crippen MR) is 133 cm³/mol. The molecule has 1 aliphatic rings. The summed E-state index contributed by atoms with van der Waals surface area (Å²) in [4.78, 5) is 34.7. The van der Waals surface area contributed by atoms with Gasteiger partial charge in [0.15, 0.2) is 0 Å². The van der Waals surface area contributed by atoms with E-state index in [-0.39, 0.29) is 30.1 Å². The first-order valence-corrected chi connectivity index (χ1v) is 11.9. The number of imidazole rings is 1. The van der Waals surface area contributed by atoms with E-state index in [0.29, 0.717) is 26.1 Å². The molecule has 0 radical (unpaired) electrons. The van der Waals surface area contributed by atoms with Crippen molar-refractivity contribution < 1.29 is 14.0 Å². The number of amides is 2. The topological polar surface area (TPSA) is 58.4 Å². The molecule has 1 aliphatic heterocycles. The van der Waals surface area contributed by atoms with Crippen molar-refractivity contribution in [2.75, 3.05) is 18.0 Å². The molecule has 0 N–H and O–H groups in total.